The van der Waals surface area contributed by atoms with E-state index in [-0.39, 0.29) is 50.9 Å². The number of amides is 3. The van der Waals surface area contributed by atoms with Crippen molar-refractivity contribution in [1.82, 2.24) is 15.2 Å². The number of hydrogen-bond donors (Lipinski definition) is 2. The molecule has 9 nitrogen and oxygen atoms in total. The maximum atomic E-state index is 13.9. The van der Waals surface area contributed by atoms with Crippen molar-refractivity contribution in [2.75, 3.05) is 26.7 Å². The first-order valence-corrected chi connectivity index (χ1v) is 14.5. The summed E-state index contributed by atoms with van der Waals surface area (Å²) in [6, 6.07) is 9.00. The lowest BCUT2D eigenvalue weighted by Gasteiger charge is -2.41. The smallest absolute Gasteiger partial charge is 0.416 e. The highest BCUT2D eigenvalue weighted by atomic mass is 19.4. The van der Waals surface area contributed by atoms with Crippen molar-refractivity contribution in [1.29, 1.82) is 0 Å². The molecule has 1 saturated heterocycles. The zero-order valence-corrected chi connectivity index (χ0v) is 25.5. The molecular weight excluding hydrogens is 620 g/mol. The van der Waals surface area contributed by atoms with Gasteiger partial charge < -0.3 is 20.7 Å². The number of likely N-dealkylation sites (tertiary alicyclic amines) is 1. The number of ether oxygens (including phenoxy) is 1. The van der Waals surface area contributed by atoms with Crippen LogP contribution in [-0.2, 0) is 33.2 Å². The van der Waals surface area contributed by atoms with Crippen LogP contribution < -0.4 is 15.8 Å². The van der Waals surface area contributed by atoms with Crippen LogP contribution in [0.5, 0.6) is 5.75 Å². The molecule has 0 radical (unpaired) electrons. The molecule has 2 aromatic carbocycles. The summed E-state index contributed by atoms with van der Waals surface area (Å²) in [7, 11) is 1.54. The van der Waals surface area contributed by atoms with E-state index in [0.717, 1.165) is 5.56 Å². The van der Waals surface area contributed by atoms with E-state index in [1.54, 1.807) is 7.05 Å². The van der Waals surface area contributed by atoms with Gasteiger partial charge in [-0.1, -0.05) is 30.3 Å². The van der Waals surface area contributed by atoms with Gasteiger partial charge in [0, 0.05) is 26.6 Å². The summed E-state index contributed by atoms with van der Waals surface area (Å²) in [6.45, 7) is 2.70. The average molecular weight is 656 g/mol. The van der Waals surface area contributed by atoms with Crippen molar-refractivity contribution in [3.63, 3.8) is 0 Å². The zero-order valence-electron chi connectivity index (χ0n) is 25.5. The third-order valence-electron chi connectivity index (χ3n) is 7.92. The molecule has 0 unspecified atom stereocenters. The van der Waals surface area contributed by atoms with Gasteiger partial charge in [-0.25, -0.2) is 5.01 Å². The van der Waals surface area contributed by atoms with E-state index in [0.29, 0.717) is 24.3 Å². The number of nitrogens with zero attached hydrogens (tertiary/aromatic N) is 3. The summed E-state index contributed by atoms with van der Waals surface area (Å²) < 4.78 is 84.7. The van der Waals surface area contributed by atoms with Gasteiger partial charge in [0.15, 0.2) is 0 Å². The molecule has 0 spiro atoms. The number of rotatable bonds is 10. The molecule has 3 N–H and O–H groups in total. The van der Waals surface area contributed by atoms with Crippen LogP contribution in [0, 0.1) is 5.41 Å². The van der Waals surface area contributed by atoms with Crippen LogP contribution in [0.15, 0.2) is 53.6 Å². The number of carbonyl (C=O) groups excluding carboxylic acids is 3. The minimum Gasteiger partial charge on any atom is -0.494 e. The lowest BCUT2D eigenvalue weighted by molar-refractivity contribution is -0.144. The maximum Gasteiger partial charge on any atom is 0.416 e. The maximum absolute atomic E-state index is 13.9. The topological polar surface area (TPSA) is 117 Å². The van der Waals surface area contributed by atoms with Crippen LogP contribution in [-0.4, -0.2) is 71.7 Å². The van der Waals surface area contributed by atoms with E-state index < -0.39 is 58.0 Å². The van der Waals surface area contributed by atoms with Gasteiger partial charge in [-0.05, 0) is 56.9 Å². The summed E-state index contributed by atoms with van der Waals surface area (Å²) in [6.07, 6.45) is -9.60. The normalized spacial score (nSPS) is 19.4. The summed E-state index contributed by atoms with van der Waals surface area (Å²) >= 11 is 0. The second kappa shape index (κ2) is 12.9. The van der Waals surface area contributed by atoms with E-state index in [9.17, 15) is 40.7 Å². The highest BCUT2D eigenvalue weighted by Crippen LogP contribution is 2.39. The second-order valence-electron chi connectivity index (χ2n) is 12.1. The Kier molecular flexibility index (Phi) is 9.76. The SMILES string of the molecule is CN1N=C2CCN(C(=O)[C@@H](CCCOc3cc(C(F)(F)F)cc(C(F)(F)F)c3)NC(=O)C(C)(C)N)C[C@@]2(Cc2ccccc2)C1=O. The largest absolute Gasteiger partial charge is 0.494 e. The summed E-state index contributed by atoms with van der Waals surface area (Å²) in [5.41, 5.74) is 1.91. The Morgan fingerprint density at radius 1 is 1.04 bits per heavy atom. The fourth-order valence-electron chi connectivity index (χ4n) is 5.52. The van der Waals surface area contributed by atoms with E-state index >= 15 is 0 Å². The predicted octanol–water partition coefficient (Wildman–Crippen LogP) is 4.39. The molecule has 1 fully saturated rings. The molecule has 2 aliphatic heterocycles. The first-order valence-electron chi connectivity index (χ1n) is 14.5. The van der Waals surface area contributed by atoms with Crippen molar-refractivity contribution in [2.45, 2.75) is 63.5 Å². The number of hydrogen-bond acceptors (Lipinski definition) is 6. The first kappa shape index (κ1) is 34.7. The molecule has 0 bridgehead atoms. The molecule has 4 rings (SSSR count). The van der Waals surface area contributed by atoms with E-state index in [4.69, 9.17) is 10.5 Å². The van der Waals surface area contributed by atoms with Crippen molar-refractivity contribution < 1.29 is 45.5 Å². The quantitative estimate of drug-likeness (QED) is 0.291. The van der Waals surface area contributed by atoms with Gasteiger partial charge in [-0.3, -0.25) is 14.4 Å². The Balaban J connectivity index is 1.52. The molecule has 250 valence electrons. The van der Waals surface area contributed by atoms with Crippen LogP contribution >= 0.6 is 0 Å². The van der Waals surface area contributed by atoms with Gasteiger partial charge in [-0.15, -0.1) is 0 Å². The minimum absolute atomic E-state index is 0.00217. The molecule has 0 saturated carbocycles. The molecule has 2 atom stereocenters. The number of alkyl halides is 6. The monoisotopic (exact) mass is 655 g/mol. The van der Waals surface area contributed by atoms with E-state index in [1.165, 1.54) is 23.8 Å². The molecule has 3 amide bonds. The number of fused-ring (bicyclic) bond motifs is 1. The number of nitrogens with two attached hydrogens (primary N) is 1. The van der Waals surface area contributed by atoms with Crippen LogP contribution in [0.4, 0.5) is 26.3 Å². The summed E-state index contributed by atoms with van der Waals surface area (Å²) in [4.78, 5) is 41.7. The third kappa shape index (κ3) is 7.80. The number of nitrogens with one attached hydrogen (secondary N) is 1. The molecule has 46 heavy (non-hydrogen) atoms. The Labute approximate surface area is 261 Å². The van der Waals surface area contributed by atoms with Gasteiger partial charge >= 0.3 is 12.4 Å². The van der Waals surface area contributed by atoms with Crippen molar-refractivity contribution >= 4 is 23.4 Å². The first-order chi connectivity index (χ1) is 21.3. The predicted molar refractivity (Wildman–Crippen MR) is 155 cm³/mol. The van der Waals surface area contributed by atoms with Crippen LogP contribution in [0.3, 0.4) is 0 Å². The van der Waals surface area contributed by atoms with Gasteiger partial charge in [0.05, 0.1) is 29.0 Å². The van der Waals surface area contributed by atoms with Crippen LogP contribution in [0.1, 0.15) is 49.8 Å². The Bertz CT molecular complexity index is 1460. The molecular formula is C31H35F6N5O4. The third-order valence-corrected chi connectivity index (χ3v) is 7.92. The number of halogens is 6. The van der Waals surface area contributed by atoms with Gasteiger partial charge in [0.1, 0.15) is 17.2 Å². The second-order valence-corrected chi connectivity index (χ2v) is 12.1. The Morgan fingerprint density at radius 2 is 1.65 bits per heavy atom. The fourth-order valence-corrected chi connectivity index (χ4v) is 5.52. The van der Waals surface area contributed by atoms with Crippen molar-refractivity contribution in [2.24, 2.45) is 16.3 Å². The summed E-state index contributed by atoms with van der Waals surface area (Å²) in [5.74, 6) is -2.11. The Morgan fingerprint density at radius 3 is 2.22 bits per heavy atom. The van der Waals surface area contributed by atoms with Crippen LogP contribution in [0.2, 0.25) is 0 Å². The fraction of sp³-hybridized carbons (Fsp3) is 0.484. The molecule has 0 aromatic heterocycles. The lowest BCUT2D eigenvalue weighted by Crippen LogP contribution is -2.60. The number of carbonyl (C=O) groups is 3. The molecule has 2 aliphatic rings. The van der Waals surface area contributed by atoms with E-state index in [1.807, 2.05) is 30.3 Å². The number of piperidine rings is 1. The summed E-state index contributed by atoms with van der Waals surface area (Å²) in [5, 5.41) is 8.31. The lowest BCUT2D eigenvalue weighted by atomic mass is 9.73. The molecule has 2 heterocycles. The van der Waals surface area contributed by atoms with Gasteiger partial charge in [-0.2, -0.15) is 31.4 Å². The Hall–Kier alpha value is -4.14. The van der Waals surface area contributed by atoms with Crippen LogP contribution in [0.25, 0.3) is 0 Å². The highest BCUT2D eigenvalue weighted by Gasteiger charge is 2.54. The van der Waals surface area contributed by atoms with Gasteiger partial charge in [0.25, 0.3) is 5.91 Å². The number of hydrazone groups is 1. The van der Waals surface area contributed by atoms with Crippen molar-refractivity contribution in [3.8, 4) is 5.75 Å². The minimum atomic E-state index is -5.04. The zero-order chi connectivity index (χ0) is 34.1. The highest BCUT2D eigenvalue weighted by molar-refractivity contribution is 6.13. The number of benzene rings is 2. The van der Waals surface area contributed by atoms with Gasteiger partial charge in [0.2, 0.25) is 11.8 Å². The van der Waals surface area contributed by atoms with Crippen molar-refractivity contribution in [3.05, 3.63) is 65.2 Å². The average Bonchev–Trinajstić information content (AvgIpc) is 3.21. The van der Waals surface area contributed by atoms with E-state index in [2.05, 4.69) is 10.4 Å². The molecule has 2 aromatic rings. The molecule has 0 aliphatic carbocycles. The molecule has 15 heteroatoms. The standard InChI is InChI=1S/C31H35F6N5O4/c1-28(2,38)26(44)39-23(10-7-13-46-22-15-20(30(32,33)34)14-21(16-22)31(35,36)37)25(43)42-12-11-24-29(18-42,27(45)41(3)40-24)17-19-8-5-4-6-9-19/h4-6,8-9,14-16,23H,7,10-13,17-18,38H2,1-3H3,(H,39,44)/t23-,29-/m1/s1.